The number of amides is 1. The number of rotatable bonds is 4. The third-order valence-electron chi connectivity index (χ3n) is 5.16. The number of nitrogens with one attached hydrogen (secondary N) is 2. The molecular weight excluding hydrogens is 433 g/mol. The number of carbonyl (C=O) groups is 1. The number of hydrogen-bond acceptors (Lipinski definition) is 3. The predicted octanol–water partition coefficient (Wildman–Crippen LogP) is 5.67. The number of benzene rings is 2. The summed E-state index contributed by atoms with van der Waals surface area (Å²) in [6.45, 7) is 1.95. The van der Waals surface area contributed by atoms with E-state index in [1.165, 1.54) is 0 Å². The number of aromatic amines is 1. The number of fused-ring (bicyclic) bond motifs is 2. The fourth-order valence-corrected chi connectivity index (χ4v) is 4.26. The number of hydrogen-bond donors (Lipinski definition) is 2. The Labute approximate surface area is 187 Å². The molecule has 0 aliphatic carbocycles. The number of para-hydroxylation sites is 2. The highest BCUT2D eigenvalue weighted by Gasteiger charge is 2.18. The lowest BCUT2D eigenvalue weighted by molar-refractivity contribution is 0.102. The van der Waals surface area contributed by atoms with Crippen molar-refractivity contribution in [1.29, 1.82) is 0 Å². The summed E-state index contributed by atoms with van der Waals surface area (Å²) in [7, 11) is 0. The van der Waals surface area contributed by atoms with Crippen LogP contribution >= 0.6 is 23.2 Å². The van der Waals surface area contributed by atoms with Gasteiger partial charge in [-0.1, -0.05) is 41.4 Å². The fourth-order valence-electron chi connectivity index (χ4n) is 3.69. The van der Waals surface area contributed by atoms with Crippen LogP contribution < -0.4 is 5.32 Å². The summed E-state index contributed by atoms with van der Waals surface area (Å²) in [5.74, 6) is 0.464. The summed E-state index contributed by atoms with van der Waals surface area (Å²) < 4.78 is 1.96. The number of anilines is 1. The van der Waals surface area contributed by atoms with Crippen LogP contribution in [-0.4, -0.2) is 25.3 Å². The summed E-state index contributed by atoms with van der Waals surface area (Å²) in [6.07, 6.45) is 2.50. The normalized spacial score (nSPS) is 11.3. The lowest BCUT2D eigenvalue weighted by atomic mass is 10.2. The van der Waals surface area contributed by atoms with E-state index in [1.54, 1.807) is 24.3 Å². The summed E-state index contributed by atoms with van der Waals surface area (Å²) in [6, 6.07) is 16.5. The summed E-state index contributed by atoms with van der Waals surface area (Å²) in [5, 5.41) is 3.48. The van der Waals surface area contributed by atoms with Gasteiger partial charge in [0.15, 0.2) is 5.65 Å². The van der Waals surface area contributed by atoms with Crippen LogP contribution in [0.15, 0.2) is 60.8 Å². The molecule has 0 aliphatic rings. The van der Waals surface area contributed by atoms with E-state index in [1.807, 2.05) is 47.9 Å². The summed E-state index contributed by atoms with van der Waals surface area (Å²) in [4.78, 5) is 25.6. The van der Waals surface area contributed by atoms with E-state index >= 15 is 0 Å². The van der Waals surface area contributed by atoms with Crippen molar-refractivity contribution in [3.8, 4) is 0 Å². The number of aromatic nitrogens is 4. The number of pyridine rings is 1. The zero-order chi connectivity index (χ0) is 21.5. The molecule has 0 saturated heterocycles. The number of halogens is 2. The first-order valence-electron chi connectivity index (χ1n) is 9.67. The number of aryl methyl sites for hydroxylation is 1. The van der Waals surface area contributed by atoms with E-state index in [0.29, 0.717) is 27.8 Å². The Morgan fingerprint density at radius 3 is 2.58 bits per heavy atom. The maximum Gasteiger partial charge on any atom is 0.258 e. The molecule has 0 unspecified atom stereocenters. The molecular formula is C23H17Cl2N5O. The van der Waals surface area contributed by atoms with Gasteiger partial charge in [0.2, 0.25) is 0 Å². The Hall–Kier alpha value is -3.35. The minimum atomic E-state index is -0.386. The van der Waals surface area contributed by atoms with Gasteiger partial charge >= 0.3 is 0 Å². The van der Waals surface area contributed by atoms with Gasteiger partial charge in [0, 0.05) is 12.6 Å². The maximum absolute atomic E-state index is 12.8. The molecule has 1 amide bonds. The molecule has 6 nitrogen and oxygen atoms in total. The van der Waals surface area contributed by atoms with E-state index in [9.17, 15) is 4.79 Å². The van der Waals surface area contributed by atoms with Crippen LogP contribution in [-0.2, 0) is 6.42 Å². The number of nitrogens with zero attached hydrogens (tertiary/aromatic N) is 3. The first kappa shape index (κ1) is 19.6. The van der Waals surface area contributed by atoms with Crippen molar-refractivity contribution in [3.05, 3.63) is 93.6 Å². The van der Waals surface area contributed by atoms with Gasteiger partial charge in [-0.3, -0.25) is 4.79 Å². The first-order valence-corrected chi connectivity index (χ1v) is 10.4. The van der Waals surface area contributed by atoms with Crippen LogP contribution in [0.25, 0.3) is 16.7 Å². The van der Waals surface area contributed by atoms with Crippen molar-refractivity contribution in [1.82, 2.24) is 19.4 Å². The second-order valence-corrected chi connectivity index (χ2v) is 8.00. The quantitative estimate of drug-likeness (QED) is 0.371. The Morgan fingerprint density at radius 1 is 1.03 bits per heavy atom. The van der Waals surface area contributed by atoms with E-state index < -0.39 is 0 Å². The fraction of sp³-hybridized carbons (Fsp3) is 0.0870. The van der Waals surface area contributed by atoms with Gasteiger partial charge in [-0.15, -0.1) is 0 Å². The molecule has 0 spiro atoms. The second-order valence-electron chi connectivity index (χ2n) is 7.19. The van der Waals surface area contributed by atoms with Crippen molar-refractivity contribution < 1.29 is 4.79 Å². The third kappa shape index (κ3) is 3.54. The lowest BCUT2D eigenvalue weighted by Crippen LogP contribution is -2.14. The van der Waals surface area contributed by atoms with Gasteiger partial charge in [0.25, 0.3) is 5.91 Å². The minimum Gasteiger partial charge on any atom is -0.342 e. The van der Waals surface area contributed by atoms with Crippen LogP contribution in [0.4, 0.5) is 5.69 Å². The van der Waals surface area contributed by atoms with Crippen molar-refractivity contribution >= 4 is 51.5 Å². The first-order chi connectivity index (χ1) is 15.0. The van der Waals surface area contributed by atoms with Gasteiger partial charge < -0.3 is 14.7 Å². The second kappa shape index (κ2) is 7.72. The molecule has 154 valence electrons. The SMILES string of the molecule is Cc1nc2c(NC(=O)c3c(Cl)cccc3Cl)cccn2c1Cc1nc2ccccc2[nH]1. The largest absolute Gasteiger partial charge is 0.342 e. The molecule has 0 atom stereocenters. The topological polar surface area (TPSA) is 75.1 Å². The molecule has 0 aliphatic heterocycles. The zero-order valence-corrected chi connectivity index (χ0v) is 18.0. The number of H-pyrrole nitrogens is 1. The minimum absolute atomic E-state index is 0.235. The van der Waals surface area contributed by atoms with Crippen molar-refractivity contribution in [2.24, 2.45) is 0 Å². The van der Waals surface area contributed by atoms with Gasteiger partial charge in [0.1, 0.15) is 5.82 Å². The van der Waals surface area contributed by atoms with Gasteiger partial charge in [-0.05, 0) is 43.3 Å². The average molecular weight is 450 g/mol. The highest BCUT2D eigenvalue weighted by molar-refractivity contribution is 6.40. The molecule has 3 aromatic heterocycles. The third-order valence-corrected chi connectivity index (χ3v) is 5.79. The van der Waals surface area contributed by atoms with Crippen molar-refractivity contribution in [2.75, 3.05) is 5.32 Å². The Morgan fingerprint density at radius 2 is 1.81 bits per heavy atom. The number of carbonyl (C=O) groups excluding carboxylic acids is 1. The molecule has 31 heavy (non-hydrogen) atoms. The van der Waals surface area contributed by atoms with E-state index in [2.05, 4.69) is 15.3 Å². The molecule has 0 radical (unpaired) electrons. The molecule has 0 fully saturated rings. The average Bonchev–Trinajstić information content (AvgIpc) is 3.29. The van der Waals surface area contributed by atoms with E-state index in [0.717, 1.165) is 28.2 Å². The molecule has 8 heteroatoms. The Kier molecular flexibility index (Phi) is 4.88. The van der Waals surface area contributed by atoms with Crippen LogP contribution in [0.2, 0.25) is 10.0 Å². The lowest BCUT2D eigenvalue weighted by Gasteiger charge is -2.10. The summed E-state index contributed by atoms with van der Waals surface area (Å²) >= 11 is 12.4. The van der Waals surface area contributed by atoms with Gasteiger partial charge in [-0.25, -0.2) is 9.97 Å². The predicted molar refractivity (Wildman–Crippen MR) is 123 cm³/mol. The van der Waals surface area contributed by atoms with Crippen LogP contribution in [0.5, 0.6) is 0 Å². The van der Waals surface area contributed by atoms with Crippen LogP contribution in [0.1, 0.15) is 27.6 Å². The molecule has 3 heterocycles. The van der Waals surface area contributed by atoms with Gasteiger partial charge in [-0.2, -0.15) is 0 Å². The summed E-state index contributed by atoms with van der Waals surface area (Å²) in [5.41, 5.74) is 5.21. The van der Waals surface area contributed by atoms with Crippen molar-refractivity contribution in [2.45, 2.75) is 13.3 Å². The monoisotopic (exact) mass is 449 g/mol. The highest BCUT2D eigenvalue weighted by atomic mass is 35.5. The van der Waals surface area contributed by atoms with E-state index in [-0.39, 0.29) is 11.5 Å². The standard InChI is InChI=1S/C23H17Cl2N5O/c1-13-19(12-20-27-16-8-2-3-9-17(16)28-20)30-11-5-10-18(22(30)26-13)29-23(31)21-14(24)6-4-7-15(21)25/h2-11H,12H2,1H3,(H,27,28)(H,29,31). The molecule has 0 saturated carbocycles. The van der Waals surface area contributed by atoms with E-state index in [4.69, 9.17) is 28.2 Å². The zero-order valence-electron chi connectivity index (χ0n) is 16.5. The molecule has 5 aromatic rings. The highest BCUT2D eigenvalue weighted by Crippen LogP contribution is 2.27. The Bertz CT molecular complexity index is 1400. The Balaban J connectivity index is 1.51. The number of imidazole rings is 2. The van der Waals surface area contributed by atoms with Gasteiger partial charge in [0.05, 0.1) is 43.7 Å². The van der Waals surface area contributed by atoms with Crippen LogP contribution in [0, 0.1) is 6.92 Å². The van der Waals surface area contributed by atoms with Crippen LogP contribution in [0.3, 0.4) is 0 Å². The molecule has 2 aromatic carbocycles. The molecule has 5 rings (SSSR count). The van der Waals surface area contributed by atoms with Crippen molar-refractivity contribution in [3.63, 3.8) is 0 Å². The molecule has 0 bridgehead atoms. The molecule has 2 N–H and O–H groups in total. The smallest absolute Gasteiger partial charge is 0.258 e. The maximum atomic E-state index is 12.8.